The highest BCUT2D eigenvalue weighted by Gasteiger charge is 2.20. The van der Waals surface area contributed by atoms with Crippen molar-refractivity contribution in [3.63, 3.8) is 0 Å². The van der Waals surface area contributed by atoms with Crippen LogP contribution in [0.1, 0.15) is 17.4 Å². The molecule has 0 fully saturated rings. The van der Waals surface area contributed by atoms with Gasteiger partial charge in [-0.15, -0.1) is 0 Å². The molecule has 0 bridgehead atoms. The fourth-order valence-electron chi connectivity index (χ4n) is 2.29. The van der Waals surface area contributed by atoms with E-state index in [1.807, 2.05) is 37.4 Å². The first kappa shape index (κ1) is 13.0. The molecule has 2 heterocycles. The minimum absolute atomic E-state index is 0.186. The Kier molecular flexibility index (Phi) is 3.34. The molecule has 1 unspecified atom stereocenters. The van der Waals surface area contributed by atoms with E-state index in [1.165, 1.54) is 6.20 Å². The summed E-state index contributed by atoms with van der Waals surface area (Å²) in [6.45, 7) is 0. The molecule has 1 atom stereocenters. The van der Waals surface area contributed by atoms with E-state index in [4.69, 9.17) is 21.8 Å². The molecule has 5 heteroatoms. The van der Waals surface area contributed by atoms with Crippen LogP contribution in [0.4, 0.5) is 5.82 Å². The van der Waals surface area contributed by atoms with Gasteiger partial charge in [-0.1, -0.05) is 29.8 Å². The van der Waals surface area contributed by atoms with Crippen molar-refractivity contribution in [3.05, 3.63) is 58.9 Å². The molecule has 0 saturated heterocycles. The standard InChI is InChI=1S/C15H14ClN3O/c1-18-14(11-7-10(16)8-19-15(11)17)13-6-9-4-2-3-5-12(9)20-13/h2-8,14,18H,1H3,(H2,17,19). The first-order valence-electron chi connectivity index (χ1n) is 6.25. The molecule has 20 heavy (non-hydrogen) atoms. The van der Waals surface area contributed by atoms with E-state index in [2.05, 4.69) is 10.3 Å². The molecule has 0 aliphatic rings. The molecule has 4 nitrogen and oxygen atoms in total. The molecule has 0 saturated carbocycles. The Balaban J connectivity index is 2.11. The van der Waals surface area contributed by atoms with Gasteiger partial charge in [0.2, 0.25) is 0 Å². The molecule has 0 aliphatic heterocycles. The number of fused-ring (bicyclic) bond motifs is 1. The number of nitrogens with zero attached hydrogens (tertiary/aromatic N) is 1. The third-order valence-electron chi connectivity index (χ3n) is 3.24. The monoisotopic (exact) mass is 287 g/mol. The second-order valence-electron chi connectivity index (χ2n) is 4.54. The number of nitrogens with one attached hydrogen (secondary N) is 1. The van der Waals surface area contributed by atoms with Crippen molar-refractivity contribution in [2.24, 2.45) is 0 Å². The summed E-state index contributed by atoms with van der Waals surface area (Å²) in [5, 5.41) is 4.79. The van der Waals surface area contributed by atoms with Gasteiger partial charge in [-0.05, 0) is 25.2 Å². The Morgan fingerprint density at radius 1 is 1.30 bits per heavy atom. The highest BCUT2D eigenvalue weighted by atomic mass is 35.5. The van der Waals surface area contributed by atoms with Crippen LogP contribution in [0.2, 0.25) is 5.02 Å². The maximum atomic E-state index is 6.01. The lowest BCUT2D eigenvalue weighted by atomic mass is 10.1. The summed E-state index contributed by atoms with van der Waals surface area (Å²) in [7, 11) is 1.85. The number of furan rings is 1. The number of nitrogen functional groups attached to an aromatic ring is 1. The average molecular weight is 288 g/mol. The van der Waals surface area contributed by atoms with Gasteiger partial charge in [0.15, 0.2) is 0 Å². The first-order valence-corrected chi connectivity index (χ1v) is 6.63. The van der Waals surface area contributed by atoms with Crippen molar-refractivity contribution in [3.8, 4) is 0 Å². The van der Waals surface area contributed by atoms with Gasteiger partial charge in [-0.25, -0.2) is 4.98 Å². The predicted molar refractivity (Wildman–Crippen MR) is 80.8 cm³/mol. The number of benzene rings is 1. The van der Waals surface area contributed by atoms with E-state index in [1.54, 1.807) is 6.07 Å². The van der Waals surface area contributed by atoms with Crippen molar-refractivity contribution in [1.29, 1.82) is 0 Å². The molecule has 3 N–H and O–H groups in total. The zero-order valence-corrected chi connectivity index (χ0v) is 11.7. The summed E-state index contributed by atoms with van der Waals surface area (Å²) in [4.78, 5) is 4.09. The first-order chi connectivity index (χ1) is 9.69. The summed E-state index contributed by atoms with van der Waals surface area (Å²) in [5.74, 6) is 1.22. The molecule has 2 aromatic heterocycles. The number of hydrogen-bond donors (Lipinski definition) is 2. The highest BCUT2D eigenvalue weighted by molar-refractivity contribution is 6.30. The zero-order valence-electron chi connectivity index (χ0n) is 10.9. The summed E-state index contributed by atoms with van der Waals surface area (Å²) in [6.07, 6.45) is 1.53. The lowest BCUT2D eigenvalue weighted by molar-refractivity contribution is 0.492. The maximum absolute atomic E-state index is 6.01. The van der Waals surface area contributed by atoms with E-state index in [0.717, 1.165) is 22.3 Å². The molecular weight excluding hydrogens is 274 g/mol. The largest absolute Gasteiger partial charge is 0.459 e. The second-order valence-corrected chi connectivity index (χ2v) is 4.97. The molecule has 102 valence electrons. The van der Waals surface area contributed by atoms with Crippen molar-refractivity contribution in [1.82, 2.24) is 10.3 Å². The van der Waals surface area contributed by atoms with Gasteiger partial charge < -0.3 is 15.5 Å². The maximum Gasteiger partial charge on any atom is 0.134 e. The van der Waals surface area contributed by atoms with E-state index >= 15 is 0 Å². The molecular formula is C15H14ClN3O. The van der Waals surface area contributed by atoms with Crippen LogP contribution in [0.5, 0.6) is 0 Å². The fraction of sp³-hybridized carbons (Fsp3) is 0.133. The highest BCUT2D eigenvalue weighted by Crippen LogP contribution is 2.31. The summed E-state index contributed by atoms with van der Waals surface area (Å²) in [5.41, 5.74) is 7.59. The molecule has 3 rings (SSSR count). The number of pyridine rings is 1. The number of anilines is 1. The summed E-state index contributed by atoms with van der Waals surface area (Å²) in [6, 6.07) is 11.5. The van der Waals surface area contributed by atoms with Crippen molar-refractivity contribution in [2.75, 3.05) is 12.8 Å². The van der Waals surface area contributed by atoms with E-state index < -0.39 is 0 Å². The van der Waals surface area contributed by atoms with Crippen molar-refractivity contribution < 1.29 is 4.42 Å². The van der Waals surface area contributed by atoms with Crippen LogP contribution in [0, 0.1) is 0 Å². The Bertz CT molecular complexity index is 721. The number of rotatable bonds is 3. The molecule has 0 amide bonds. The summed E-state index contributed by atoms with van der Waals surface area (Å²) >= 11 is 6.01. The van der Waals surface area contributed by atoms with E-state index in [-0.39, 0.29) is 6.04 Å². The molecule has 0 aliphatic carbocycles. The fourth-order valence-corrected chi connectivity index (χ4v) is 2.46. The Morgan fingerprint density at radius 3 is 2.85 bits per heavy atom. The lowest BCUT2D eigenvalue weighted by Crippen LogP contribution is -2.19. The Hall–Kier alpha value is -2.04. The molecule has 0 spiro atoms. The van der Waals surface area contributed by atoms with Crippen LogP contribution in [-0.4, -0.2) is 12.0 Å². The smallest absolute Gasteiger partial charge is 0.134 e. The minimum Gasteiger partial charge on any atom is -0.459 e. The van der Waals surface area contributed by atoms with Gasteiger partial charge in [-0.2, -0.15) is 0 Å². The average Bonchev–Trinajstić information content (AvgIpc) is 2.87. The number of aromatic nitrogens is 1. The van der Waals surface area contributed by atoms with Gasteiger partial charge in [0.25, 0.3) is 0 Å². The lowest BCUT2D eigenvalue weighted by Gasteiger charge is -2.15. The van der Waals surface area contributed by atoms with Crippen LogP contribution >= 0.6 is 11.6 Å². The third-order valence-corrected chi connectivity index (χ3v) is 3.45. The van der Waals surface area contributed by atoms with Crippen LogP contribution in [0.3, 0.4) is 0 Å². The van der Waals surface area contributed by atoms with Crippen LogP contribution < -0.4 is 11.1 Å². The Labute approximate surface area is 121 Å². The molecule has 3 aromatic rings. The molecule has 0 radical (unpaired) electrons. The van der Waals surface area contributed by atoms with Crippen LogP contribution in [0.25, 0.3) is 11.0 Å². The normalized spacial score (nSPS) is 12.7. The number of halogens is 1. The van der Waals surface area contributed by atoms with Gasteiger partial charge >= 0.3 is 0 Å². The second kappa shape index (κ2) is 5.15. The predicted octanol–water partition coefficient (Wildman–Crippen LogP) is 3.37. The summed E-state index contributed by atoms with van der Waals surface area (Å²) < 4.78 is 5.88. The van der Waals surface area contributed by atoms with Gasteiger partial charge in [0.1, 0.15) is 17.2 Å². The topological polar surface area (TPSA) is 64.1 Å². The number of hydrogen-bond acceptors (Lipinski definition) is 4. The van der Waals surface area contributed by atoms with E-state index in [0.29, 0.717) is 10.8 Å². The Morgan fingerprint density at radius 2 is 2.10 bits per heavy atom. The third kappa shape index (κ3) is 2.24. The van der Waals surface area contributed by atoms with Crippen molar-refractivity contribution >= 4 is 28.4 Å². The SMILES string of the molecule is CNC(c1cc2ccccc2o1)c1cc(Cl)cnc1N. The minimum atomic E-state index is -0.186. The molecule has 1 aromatic carbocycles. The van der Waals surface area contributed by atoms with Crippen LogP contribution in [-0.2, 0) is 0 Å². The van der Waals surface area contributed by atoms with Gasteiger partial charge in [-0.3, -0.25) is 0 Å². The van der Waals surface area contributed by atoms with Crippen LogP contribution in [0.15, 0.2) is 47.0 Å². The number of nitrogens with two attached hydrogens (primary N) is 1. The quantitative estimate of drug-likeness (QED) is 0.775. The number of para-hydroxylation sites is 1. The van der Waals surface area contributed by atoms with Crippen molar-refractivity contribution in [2.45, 2.75) is 6.04 Å². The van der Waals surface area contributed by atoms with Gasteiger partial charge in [0.05, 0.1) is 11.1 Å². The van der Waals surface area contributed by atoms with Gasteiger partial charge in [0, 0.05) is 17.1 Å². The zero-order chi connectivity index (χ0) is 14.1. The van der Waals surface area contributed by atoms with E-state index in [9.17, 15) is 0 Å².